The van der Waals surface area contributed by atoms with Crippen molar-refractivity contribution in [2.24, 2.45) is 0 Å². The first-order chi connectivity index (χ1) is 8.38. The van der Waals surface area contributed by atoms with Crippen molar-refractivity contribution in [3.63, 3.8) is 0 Å². The Labute approximate surface area is 109 Å². The molecule has 0 unspecified atom stereocenters. The molecule has 18 heavy (non-hydrogen) atoms. The van der Waals surface area contributed by atoms with Crippen LogP contribution in [-0.4, -0.2) is 31.5 Å². The number of rotatable bonds is 5. The van der Waals surface area contributed by atoms with E-state index in [2.05, 4.69) is 26.5 Å². The molecule has 1 aromatic carbocycles. The summed E-state index contributed by atoms with van der Waals surface area (Å²) in [5.41, 5.74) is 4.67. The average Bonchev–Trinajstić information content (AvgIpc) is 2.34. The molecule has 1 aromatic rings. The van der Waals surface area contributed by atoms with Crippen molar-refractivity contribution in [3.8, 4) is 11.5 Å². The van der Waals surface area contributed by atoms with E-state index in [1.54, 1.807) is 7.11 Å². The van der Waals surface area contributed by atoms with Gasteiger partial charge in [-0.1, -0.05) is 20.8 Å². The lowest BCUT2D eigenvalue weighted by Gasteiger charge is -2.24. The summed E-state index contributed by atoms with van der Waals surface area (Å²) in [6, 6.07) is 5.72. The van der Waals surface area contributed by atoms with Crippen LogP contribution >= 0.6 is 0 Å². The summed E-state index contributed by atoms with van der Waals surface area (Å²) in [5.74, 6) is 1.60. The van der Waals surface area contributed by atoms with E-state index in [1.807, 2.05) is 18.2 Å². The number of ether oxygens (including phenoxy) is 2. The van der Waals surface area contributed by atoms with Crippen molar-refractivity contribution in [1.29, 1.82) is 0 Å². The van der Waals surface area contributed by atoms with E-state index < -0.39 is 6.10 Å². The van der Waals surface area contributed by atoms with Crippen LogP contribution in [0.1, 0.15) is 26.3 Å². The molecule has 0 radical (unpaired) electrons. The molecule has 0 bridgehead atoms. The zero-order valence-electron chi connectivity index (χ0n) is 11.7. The predicted molar refractivity (Wildman–Crippen MR) is 71.0 cm³/mol. The normalized spacial score (nSPS) is 13.2. The van der Waals surface area contributed by atoms with E-state index in [-0.39, 0.29) is 12.0 Å². The SMILES string of the molecule is COc1ccc(OC[C@H](O)C[NH3+])c(C(C)(C)C)c1. The molecule has 0 aliphatic heterocycles. The molecule has 4 heteroatoms. The van der Waals surface area contributed by atoms with Crippen molar-refractivity contribution in [2.75, 3.05) is 20.3 Å². The van der Waals surface area contributed by atoms with Gasteiger partial charge in [0.2, 0.25) is 0 Å². The van der Waals surface area contributed by atoms with Gasteiger partial charge < -0.3 is 20.3 Å². The maximum absolute atomic E-state index is 9.50. The van der Waals surface area contributed by atoms with E-state index in [1.165, 1.54) is 0 Å². The van der Waals surface area contributed by atoms with Crippen LogP contribution in [0.3, 0.4) is 0 Å². The molecule has 4 N–H and O–H groups in total. The Hall–Kier alpha value is -1.26. The van der Waals surface area contributed by atoms with Crippen molar-refractivity contribution >= 4 is 0 Å². The summed E-state index contributed by atoms with van der Waals surface area (Å²) >= 11 is 0. The van der Waals surface area contributed by atoms with Crippen molar-refractivity contribution in [2.45, 2.75) is 32.3 Å². The maximum atomic E-state index is 9.50. The van der Waals surface area contributed by atoms with Crippen LogP contribution in [0.5, 0.6) is 11.5 Å². The molecule has 0 aliphatic rings. The molecule has 102 valence electrons. The highest BCUT2D eigenvalue weighted by atomic mass is 16.5. The standard InChI is InChI=1S/C14H23NO3/c1-14(2,3)12-7-11(17-4)5-6-13(12)18-9-10(16)8-15/h5-7,10,16H,8-9,15H2,1-4H3/p+1/t10-/m1/s1. The van der Waals surface area contributed by atoms with Gasteiger partial charge >= 0.3 is 0 Å². The molecule has 0 heterocycles. The molecular formula is C14H24NO3+. The van der Waals surface area contributed by atoms with Gasteiger partial charge in [-0.25, -0.2) is 0 Å². The second-order valence-corrected chi connectivity index (χ2v) is 5.37. The van der Waals surface area contributed by atoms with E-state index in [4.69, 9.17) is 9.47 Å². The zero-order valence-corrected chi connectivity index (χ0v) is 11.7. The van der Waals surface area contributed by atoms with Gasteiger partial charge in [-0.3, -0.25) is 0 Å². The topological polar surface area (TPSA) is 66.3 Å². The van der Waals surface area contributed by atoms with E-state index >= 15 is 0 Å². The minimum Gasteiger partial charge on any atom is -0.497 e. The molecule has 0 saturated heterocycles. The van der Waals surface area contributed by atoms with Gasteiger partial charge in [0.15, 0.2) is 0 Å². The highest BCUT2D eigenvalue weighted by Gasteiger charge is 2.20. The molecule has 1 atom stereocenters. The van der Waals surface area contributed by atoms with Gasteiger partial charge in [-0.15, -0.1) is 0 Å². The fourth-order valence-electron chi connectivity index (χ4n) is 1.62. The Bertz CT molecular complexity index is 385. The number of quaternary nitrogens is 1. The Morgan fingerprint density at radius 1 is 1.33 bits per heavy atom. The predicted octanol–water partition coefficient (Wildman–Crippen LogP) is 0.974. The van der Waals surface area contributed by atoms with Crippen molar-refractivity contribution < 1.29 is 20.3 Å². The van der Waals surface area contributed by atoms with Gasteiger partial charge in [0.05, 0.1) is 7.11 Å². The molecule has 4 nitrogen and oxygen atoms in total. The largest absolute Gasteiger partial charge is 0.497 e. The Morgan fingerprint density at radius 2 is 2.00 bits per heavy atom. The summed E-state index contributed by atoms with van der Waals surface area (Å²) < 4.78 is 10.9. The molecular weight excluding hydrogens is 230 g/mol. The number of hydrogen-bond donors (Lipinski definition) is 2. The number of hydrogen-bond acceptors (Lipinski definition) is 3. The van der Waals surface area contributed by atoms with Gasteiger partial charge in [-0.05, 0) is 23.6 Å². The summed E-state index contributed by atoms with van der Waals surface area (Å²) in [4.78, 5) is 0. The number of aliphatic hydroxyl groups excluding tert-OH is 1. The zero-order chi connectivity index (χ0) is 13.8. The van der Waals surface area contributed by atoms with Gasteiger partial charge in [0, 0.05) is 5.56 Å². The number of benzene rings is 1. The minimum absolute atomic E-state index is 0.0424. The quantitative estimate of drug-likeness (QED) is 0.823. The van der Waals surface area contributed by atoms with Gasteiger partial charge in [0.1, 0.15) is 30.8 Å². The molecule has 1 rings (SSSR count). The van der Waals surface area contributed by atoms with Crippen LogP contribution in [0.2, 0.25) is 0 Å². The first kappa shape index (κ1) is 14.8. The van der Waals surface area contributed by atoms with Crippen molar-refractivity contribution in [3.05, 3.63) is 23.8 Å². The number of aliphatic hydroxyl groups is 1. The van der Waals surface area contributed by atoms with E-state index in [0.29, 0.717) is 6.54 Å². The maximum Gasteiger partial charge on any atom is 0.136 e. The fourth-order valence-corrected chi connectivity index (χ4v) is 1.62. The van der Waals surface area contributed by atoms with E-state index in [9.17, 15) is 5.11 Å². The third-order valence-electron chi connectivity index (χ3n) is 2.76. The first-order valence-electron chi connectivity index (χ1n) is 6.17. The third kappa shape index (κ3) is 3.89. The smallest absolute Gasteiger partial charge is 0.136 e. The van der Waals surface area contributed by atoms with Gasteiger partial charge in [-0.2, -0.15) is 0 Å². The Kier molecular flexibility index (Phi) is 4.99. The Balaban J connectivity index is 2.96. The second-order valence-electron chi connectivity index (χ2n) is 5.37. The third-order valence-corrected chi connectivity index (χ3v) is 2.76. The lowest BCUT2D eigenvalue weighted by atomic mass is 9.86. The summed E-state index contributed by atoms with van der Waals surface area (Å²) in [6.45, 7) is 7.06. The average molecular weight is 254 g/mol. The minimum atomic E-state index is -0.528. The Morgan fingerprint density at radius 3 is 2.50 bits per heavy atom. The van der Waals surface area contributed by atoms with Crippen LogP contribution in [0, 0.1) is 0 Å². The summed E-state index contributed by atoms with van der Waals surface area (Å²) in [7, 11) is 1.65. The molecule has 0 aliphatic carbocycles. The van der Waals surface area contributed by atoms with E-state index in [0.717, 1.165) is 17.1 Å². The highest BCUT2D eigenvalue weighted by molar-refractivity contribution is 5.44. The second kappa shape index (κ2) is 6.07. The highest BCUT2D eigenvalue weighted by Crippen LogP contribution is 2.34. The van der Waals surface area contributed by atoms with Crippen LogP contribution in [-0.2, 0) is 5.41 Å². The number of methoxy groups -OCH3 is 1. The van der Waals surface area contributed by atoms with Crippen LogP contribution < -0.4 is 15.2 Å². The lowest BCUT2D eigenvalue weighted by molar-refractivity contribution is -0.384. The monoisotopic (exact) mass is 254 g/mol. The summed E-state index contributed by atoms with van der Waals surface area (Å²) in [6.07, 6.45) is -0.528. The molecule has 0 fully saturated rings. The fraction of sp³-hybridized carbons (Fsp3) is 0.571. The first-order valence-corrected chi connectivity index (χ1v) is 6.17. The van der Waals surface area contributed by atoms with Crippen LogP contribution in [0.15, 0.2) is 18.2 Å². The van der Waals surface area contributed by atoms with Crippen molar-refractivity contribution in [1.82, 2.24) is 0 Å². The molecule has 0 amide bonds. The lowest BCUT2D eigenvalue weighted by Crippen LogP contribution is -2.56. The van der Waals surface area contributed by atoms with Gasteiger partial charge in [0.25, 0.3) is 0 Å². The van der Waals surface area contributed by atoms with Crippen LogP contribution in [0.4, 0.5) is 0 Å². The summed E-state index contributed by atoms with van der Waals surface area (Å²) in [5, 5.41) is 9.50. The van der Waals surface area contributed by atoms with Crippen LogP contribution in [0.25, 0.3) is 0 Å². The molecule has 0 spiro atoms. The molecule has 0 saturated carbocycles. The molecule has 0 aromatic heterocycles.